The van der Waals surface area contributed by atoms with Gasteiger partial charge in [0.05, 0.1) is 19.6 Å². The van der Waals surface area contributed by atoms with Gasteiger partial charge in [0, 0.05) is 6.07 Å². The molecule has 0 atom stereocenters. The van der Waals surface area contributed by atoms with E-state index in [-0.39, 0.29) is 0 Å². The van der Waals surface area contributed by atoms with Gasteiger partial charge in [0.25, 0.3) is 0 Å². The van der Waals surface area contributed by atoms with Crippen LogP contribution in [0, 0.1) is 0 Å². The van der Waals surface area contributed by atoms with Crippen LogP contribution in [0.4, 0.5) is 5.69 Å². The second kappa shape index (κ2) is 13.2. The van der Waals surface area contributed by atoms with Gasteiger partial charge in [-0.15, -0.1) is 0 Å². The molecule has 26 heavy (non-hydrogen) atoms. The molecule has 0 fully saturated rings. The Hall–Kier alpha value is -0.970. The molecule has 0 bridgehead atoms. The lowest BCUT2D eigenvalue weighted by atomic mass is 10.1. The summed E-state index contributed by atoms with van der Waals surface area (Å²) >= 11 is 0. The summed E-state index contributed by atoms with van der Waals surface area (Å²) in [5.74, 6) is 0. The second-order valence-electron chi connectivity index (χ2n) is 6.58. The minimum Gasteiger partial charge on any atom is -0.303 e. The Balaban J connectivity index is 0.00000110. The first-order valence-electron chi connectivity index (χ1n) is 9.59. The van der Waals surface area contributed by atoms with Gasteiger partial charge in [-0.05, 0) is 38.3 Å². The van der Waals surface area contributed by atoms with E-state index < -0.39 is 7.82 Å². The minimum absolute atomic E-state index is 1.11. The highest BCUT2D eigenvalue weighted by Gasteiger charge is 2.25. The summed E-state index contributed by atoms with van der Waals surface area (Å²) < 4.78 is 9.99. The molecule has 1 rings (SSSR count). The van der Waals surface area contributed by atoms with Crippen molar-refractivity contribution in [3.63, 3.8) is 0 Å². The number of nitrogens with zero attached hydrogens (tertiary/aromatic N) is 1. The zero-order valence-electron chi connectivity index (χ0n) is 16.6. The van der Waals surface area contributed by atoms with Crippen LogP contribution >= 0.6 is 7.82 Å². The van der Waals surface area contributed by atoms with Crippen LogP contribution in [0.3, 0.4) is 0 Å². The number of hydrogen-bond acceptors (Lipinski definition) is 1. The van der Waals surface area contributed by atoms with Crippen LogP contribution in [-0.4, -0.2) is 34.3 Å². The van der Waals surface area contributed by atoms with Crippen molar-refractivity contribution in [2.24, 2.45) is 0 Å². The van der Waals surface area contributed by atoms with Crippen molar-refractivity contribution in [3.05, 3.63) is 36.4 Å². The molecule has 6 heteroatoms. The van der Waals surface area contributed by atoms with Crippen LogP contribution in [0.25, 0.3) is 6.08 Å². The van der Waals surface area contributed by atoms with Crippen molar-refractivity contribution < 1.29 is 19.2 Å². The summed E-state index contributed by atoms with van der Waals surface area (Å²) in [6.45, 7) is 14.4. The summed E-state index contributed by atoms with van der Waals surface area (Å²) in [5.41, 5.74) is 2.69. The van der Waals surface area contributed by atoms with Crippen molar-refractivity contribution in [2.75, 3.05) is 19.6 Å². The van der Waals surface area contributed by atoms with Crippen LogP contribution in [0.2, 0.25) is 0 Å². The lowest BCUT2D eigenvalue weighted by Crippen LogP contribution is -2.49. The van der Waals surface area contributed by atoms with E-state index in [0.717, 1.165) is 4.48 Å². The first-order chi connectivity index (χ1) is 12.2. The van der Waals surface area contributed by atoms with E-state index >= 15 is 0 Å². The summed E-state index contributed by atoms with van der Waals surface area (Å²) in [6, 6.07) is 8.92. The summed E-state index contributed by atoms with van der Waals surface area (Å²) in [6.07, 6.45) is 10.2. The molecule has 0 aliphatic rings. The topological polar surface area (TPSA) is 77.8 Å². The molecule has 1 aromatic carbocycles. The fourth-order valence-electron chi connectivity index (χ4n) is 3.18. The van der Waals surface area contributed by atoms with Crippen LogP contribution in [0.15, 0.2) is 30.8 Å². The second-order valence-corrected chi connectivity index (χ2v) is 7.61. The molecule has 0 aliphatic carbocycles. The van der Waals surface area contributed by atoms with Gasteiger partial charge >= 0.3 is 7.82 Å². The van der Waals surface area contributed by atoms with E-state index in [1.54, 1.807) is 0 Å². The third-order valence-corrected chi connectivity index (χ3v) is 4.80. The molecule has 0 spiro atoms. The lowest BCUT2D eigenvalue weighted by Gasteiger charge is -2.36. The van der Waals surface area contributed by atoms with Crippen molar-refractivity contribution in [1.82, 2.24) is 4.48 Å². The van der Waals surface area contributed by atoms with Gasteiger partial charge in [0.1, 0.15) is 5.69 Å². The monoisotopic (exact) mass is 386 g/mol. The van der Waals surface area contributed by atoms with Crippen LogP contribution in [-0.2, 0) is 4.57 Å². The number of unbranched alkanes of at least 4 members (excludes halogenated alkanes) is 5. The number of quaternary nitrogens is 1. The van der Waals surface area contributed by atoms with Crippen LogP contribution < -0.4 is 4.48 Å². The highest BCUT2D eigenvalue weighted by Crippen LogP contribution is 2.26. The maximum atomic E-state index is 8.88. The minimum atomic E-state index is -4.64. The number of benzene rings is 1. The highest BCUT2D eigenvalue weighted by molar-refractivity contribution is 7.45. The summed E-state index contributed by atoms with van der Waals surface area (Å²) in [5, 5.41) is 0. The maximum absolute atomic E-state index is 8.88. The van der Waals surface area contributed by atoms with Crippen molar-refractivity contribution >= 4 is 19.6 Å². The predicted molar refractivity (Wildman–Crippen MR) is 112 cm³/mol. The molecule has 0 saturated carbocycles. The molecule has 150 valence electrons. The van der Waals surface area contributed by atoms with Crippen molar-refractivity contribution in [2.45, 2.75) is 59.3 Å². The van der Waals surface area contributed by atoms with Gasteiger partial charge in [-0.2, -0.15) is 0 Å². The molecule has 0 amide bonds. The van der Waals surface area contributed by atoms with E-state index in [9.17, 15) is 0 Å². The Labute approximate surface area is 159 Å². The molecule has 0 aromatic heterocycles. The molecule has 5 nitrogen and oxygen atoms in total. The average molecular weight is 386 g/mol. The van der Waals surface area contributed by atoms with Gasteiger partial charge in [-0.25, -0.2) is 4.57 Å². The Kier molecular flexibility index (Phi) is 12.7. The van der Waals surface area contributed by atoms with Crippen molar-refractivity contribution in [1.29, 1.82) is 0 Å². The Morgan fingerprint density at radius 2 is 1.54 bits per heavy atom. The third-order valence-electron chi connectivity index (χ3n) is 4.80. The van der Waals surface area contributed by atoms with E-state index in [1.807, 2.05) is 6.08 Å². The lowest BCUT2D eigenvalue weighted by molar-refractivity contribution is 0.275. The average Bonchev–Trinajstić information content (AvgIpc) is 2.60. The van der Waals surface area contributed by atoms with E-state index in [2.05, 4.69) is 51.6 Å². The Morgan fingerprint density at radius 3 is 2.04 bits per heavy atom. The number of hydrogen-bond donors (Lipinski definition) is 3. The van der Waals surface area contributed by atoms with Gasteiger partial charge in [0.2, 0.25) is 0 Å². The first-order valence-corrected chi connectivity index (χ1v) is 11.2. The maximum Gasteiger partial charge on any atom is 0.466 e. The van der Waals surface area contributed by atoms with E-state index in [0.29, 0.717) is 0 Å². The quantitative estimate of drug-likeness (QED) is 0.281. The smallest absolute Gasteiger partial charge is 0.303 e. The molecule has 0 radical (unpaired) electrons. The van der Waals surface area contributed by atoms with E-state index in [1.165, 1.54) is 69.4 Å². The molecule has 0 unspecified atom stereocenters. The number of phosphoric acid groups is 1. The summed E-state index contributed by atoms with van der Waals surface area (Å²) in [7, 11) is -4.64. The predicted octanol–water partition coefficient (Wildman–Crippen LogP) is 5.11. The van der Waals surface area contributed by atoms with Gasteiger partial charge in [-0.1, -0.05) is 57.4 Å². The zero-order valence-corrected chi connectivity index (χ0v) is 17.5. The van der Waals surface area contributed by atoms with Gasteiger partial charge < -0.3 is 14.7 Å². The van der Waals surface area contributed by atoms with Crippen molar-refractivity contribution in [3.8, 4) is 0 Å². The standard InChI is InChI=1S/C20H34N.H3O4P/c1-5-9-10-11-12-13-17-21(7-3,8-4)20-16-14-15-19(6-2)18-20;1-5(2,3)4/h6,14-16,18H,2,5,7-13,17H2,1,3-4H3;(H3,1,2,3,4)/q+1;. The highest BCUT2D eigenvalue weighted by atomic mass is 31.2. The molecule has 3 N–H and O–H groups in total. The molecule has 1 aromatic rings. The van der Waals surface area contributed by atoms with E-state index in [4.69, 9.17) is 19.2 Å². The third kappa shape index (κ3) is 10.9. The van der Waals surface area contributed by atoms with Gasteiger partial charge in [-0.3, -0.25) is 4.48 Å². The van der Waals surface area contributed by atoms with Gasteiger partial charge in [0.15, 0.2) is 0 Å². The fourth-order valence-corrected chi connectivity index (χ4v) is 3.18. The summed E-state index contributed by atoms with van der Waals surface area (Å²) in [4.78, 5) is 21.6. The molecule has 0 heterocycles. The zero-order chi connectivity index (χ0) is 20.1. The Bertz CT molecular complexity index is 544. The Morgan fingerprint density at radius 1 is 1.00 bits per heavy atom. The normalized spacial score (nSPS) is 11.6. The largest absolute Gasteiger partial charge is 0.466 e. The number of rotatable bonds is 11. The fraction of sp³-hybridized carbons (Fsp3) is 0.600. The van der Waals surface area contributed by atoms with Crippen LogP contribution in [0.1, 0.15) is 64.9 Å². The molecular formula is C20H37NO4P+. The molecular weight excluding hydrogens is 349 g/mol. The molecule has 0 saturated heterocycles. The first kappa shape index (κ1) is 25.0. The molecule has 0 aliphatic heterocycles. The van der Waals surface area contributed by atoms with Crippen LogP contribution in [0.5, 0.6) is 0 Å². The SMILES string of the molecule is C=Cc1cccc([N+](CC)(CC)CCCCCCCC)c1.O=P(O)(O)O.